The Morgan fingerprint density at radius 3 is 2.43 bits per heavy atom. The molecular weight excluding hydrogens is 452 g/mol. The van der Waals surface area contributed by atoms with E-state index in [1.165, 1.54) is 5.57 Å². The highest BCUT2D eigenvalue weighted by Gasteiger charge is 2.59. The molecule has 0 bridgehead atoms. The van der Waals surface area contributed by atoms with Gasteiger partial charge >= 0.3 is 5.97 Å². The van der Waals surface area contributed by atoms with Gasteiger partial charge in [0.05, 0.1) is 6.10 Å². The summed E-state index contributed by atoms with van der Waals surface area (Å²) in [6, 6.07) is 0. The van der Waals surface area contributed by atoms with E-state index in [1.54, 1.807) is 6.92 Å². The van der Waals surface area contributed by atoms with Gasteiger partial charge in [0.15, 0.2) is 12.4 Å². The van der Waals surface area contributed by atoms with Crippen molar-refractivity contribution in [3.05, 3.63) is 11.6 Å². The van der Waals surface area contributed by atoms with Crippen LogP contribution in [0.1, 0.15) is 72.1 Å². The fraction of sp³-hybridized carbons (Fsp3) is 0.852. The van der Waals surface area contributed by atoms with Gasteiger partial charge in [0, 0.05) is 5.92 Å². The van der Waals surface area contributed by atoms with Gasteiger partial charge in [-0.05, 0) is 86.9 Å². The zero-order valence-electron chi connectivity index (χ0n) is 20.9. The normalized spacial score (nSPS) is 51.5. The van der Waals surface area contributed by atoms with E-state index >= 15 is 0 Å². The fourth-order valence-electron chi connectivity index (χ4n) is 8.77. The van der Waals surface area contributed by atoms with Gasteiger partial charge in [0.25, 0.3) is 0 Å². The standard InChI is InChI=1S/C27H40O8/c1-13(28)17-6-7-18-16-5-4-14-12-15(8-10-26(14,2)19(16)9-11-27(17,18)3)34-25-22(31)20(29)21(30)23(35-25)24(32)33/h4,15-23,25,29-31H,5-12H2,1-3H3,(H,32,33)/t15?,16?,17-,18+,19+,20?,21+,22-,23+,25?,26+,27?/m1/s1. The third-order valence-electron chi connectivity index (χ3n) is 10.7. The summed E-state index contributed by atoms with van der Waals surface area (Å²) < 4.78 is 11.4. The fourth-order valence-corrected chi connectivity index (χ4v) is 8.77. The molecule has 4 N–H and O–H groups in total. The van der Waals surface area contributed by atoms with Crippen LogP contribution >= 0.6 is 0 Å². The van der Waals surface area contributed by atoms with E-state index in [1.807, 2.05) is 0 Å². The molecule has 0 spiro atoms. The summed E-state index contributed by atoms with van der Waals surface area (Å²) in [5.74, 6) is 0.904. The number of carboxylic acids is 1. The van der Waals surface area contributed by atoms with Crippen molar-refractivity contribution < 1.29 is 39.5 Å². The number of carboxylic acid groups (broad SMARTS) is 1. The SMILES string of the molecule is CC(=O)[C@H]1CC[C@H]2C3CC=C4CC(OC5O[C@H](C(=O)O)[C@@H](O)C(O)[C@H]5O)CC[C@]4(C)[C@H]3CCC12C. The second-order valence-electron chi connectivity index (χ2n) is 12.3. The van der Waals surface area contributed by atoms with Crippen molar-refractivity contribution in [1.29, 1.82) is 0 Å². The molecular formula is C27H40O8. The molecule has 4 aliphatic carbocycles. The summed E-state index contributed by atoms with van der Waals surface area (Å²) in [5, 5.41) is 39.7. The number of carbonyl (C=O) groups excluding carboxylic acids is 1. The Bertz CT molecular complexity index is 902. The van der Waals surface area contributed by atoms with Crippen molar-refractivity contribution >= 4 is 11.8 Å². The summed E-state index contributed by atoms with van der Waals surface area (Å²) >= 11 is 0. The smallest absolute Gasteiger partial charge is 0.335 e. The van der Waals surface area contributed by atoms with Crippen LogP contribution in [0.25, 0.3) is 0 Å². The first kappa shape index (κ1) is 25.3. The topological polar surface area (TPSA) is 134 Å². The number of ketones is 1. The van der Waals surface area contributed by atoms with E-state index in [0.29, 0.717) is 30.0 Å². The number of rotatable bonds is 4. The Labute approximate surface area is 206 Å². The van der Waals surface area contributed by atoms with Crippen LogP contribution in [-0.2, 0) is 19.1 Å². The lowest BCUT2D eigenvalue weighted by molar-refractivity contribution is -0.306. The Morgan fingerprint density at radius 2 is 1.74 bits per heavy atom. The van der Waals surface area contributed by atoms with Crippen molar-refractivity contribution in [2.45, 2.75) is 109 Å². The lowest BCUT2D eigenvalue weighted by Gasteiger charge is -2.58. The Hall–Kier alpha value is -1.32. The van der Waals surface area contributed by atoms with E-state index in [0.717, 1.165) is 44.9 Å². The molecule has 196 valence electrons. The zero-order valence-corrected chi connectivity index (χ0v) is 20.9. The minimum absolute atomic E-state index is 0.0732. The van der Waals surface area contributed by atoms with Crippen molar-refractivity contribution in [2.24, 2.45) is 34.5 Å². The summed E-state index contributed by atoms with van der Waals surface area (Å²) in [7, 11) is 0. The first-order chi connectivity index (χ1) is 16.5. The summed E-state index contributed by atoms with van der Waals surface area (Å²) in [5.41, 5.74) is 1.56. The van der Waals surface area contributed by atoms with E-state index in [-0.39, 0.29) is 22.9 Å². The molecule has 0 radical (unpaired) electrons. The second kappa shape index (κ2) is 8.91. The van der Waals surface area contributed by atoms with Crippen LogP contribution in [0.15, 0.2) is 11.6 Å². The summed E-state index contributed by atoms with van der Waals surface area (Å²) in [4.78, 5) is 23.8. The summed E-state index contributed by atoms with van der Waals surface area (Å²) in [6.45, 7) is 6.49. The minimum atomic E-state index is -1.72. The van der Waals surface area contributed by atoms with Crippen LogP contribution < -0.4 is 0 Å². The molecule has 1 saturated heterocycles. The number of fused-ring (bicyclic) bond motifs is 5. The van der Waals surface area contributed by atoms with Crippen molar-refractivity contribution in [3.8, 4) is 0 Å². The highest BCUT2D eigenvalue weighted by molar-refractivity contribution is 5.79. The largest absolute Gasteiger partial charge is 0.479 e. The number of hydrogen-bond donors (Lipinski definition) is 4. The molecule has 0 aromatic heterocycles. The molecule has 8 nitrogen and oxygen atoms in total. The highest BCUT2D eigenvalue weighted by Crippen LogP contribution is 2.66. The van der Waals surface area contributed by atoms with Gasteiger partial charge in [-0.15, -0.1) is 0 Å². The molecule has 8 heteroatoms. The molecule has 0 aromatic rings. The van der Waals surface area contributed by atoms with E-state index < -0.39 is 36.7 Å². The number of Topliss-reactive ketones (excluding diaryl/α,β-unsaturated/α-hetero) is 1. The minimum Gasteiger partial charge on any atom is -0.479 e. The Kier molecular flexibility index (Phi) is 6.45. The maximum Gasteiger partial charge on any atom is 0.335 e. The second-order valence-corrected chi connectivity index (χ2v) is 12.3. The van der Waals surface area contributed by atoms with E-state index in [4.69, 9.17) is 9.47 Å². The third-order valence-corrected chi connectivity index (χ3v) is 10.7. The molecule has 0 aromatic carbocycles. The summed E-state index contributed by atoms with van der Waals surface area (Å²) in [6.07, 6.45) is 2.04. The monoisotopic (exact) mass is 492 g/mol. The van der Waals surface area contributed by atoms with Crippen LogP contribution in [0.2, 0.25) is 0 Å². The quantitative estimate of drug-likeness (QED) is 0.440. The molecule has 5 rings (SSSR count). The Morgan fingerprint density at radius 1 is 1.00 bits per heavy atom. The first-order valence-electron chi connectivity index (χ1n) is 13.2. The van der Waals surface area contributed by atoms with Crippen LogP contribution in [0, 0.1) is 34.5 Å². The zero-order chi connectivity index (χ0) is 25.3. The molecule has 12 atom stereocenters. The van der Waals surface area contributed by atoms with Crippen LogP contribution in [-0.4, -0.2) is 69.0 Å². The molecule has 4 fully saturated rings. The van der Waals surface area contributed by atoms with Crippen LogP contribution in [0.5, 0.6) is 0 Å². The average molecular weight is 493 g/mol. The van der Waals surface area contributed by atoms with Crippen molar-refractivity contribution in [1.82, 2.24) is 0 Å². The molecule has 1 aliphatic heterocycles. The van der Waals surface area contributed by atoms with Gasteiger partial charge < -0.3 is 29.9 Å². The average Bonchev–Trinajstić information content (AvgIpc) is 3.17. The van der Waals surface area contributed by atoms with Crippen molar-refractivity contribution in [3.63, 3.8) is 0 Å². The molecule has 0 amide bonds. The molecule has 3 saturated carbocycles. The molecule has 35 heavy (non-hydrogen) atoms. The number of hydrogen-bond acceptors (Lipinski definition) is 7. The highest BCUT2D eigenvalue weighted by atomic mass is 16.7. The van der Waals surface area contributed by atoms with Gasteiger partial charge in [-0.3, -0.25) is 4.79 Å². The molecule has 1 heterocycles. The lowest BCUT2D eigenvalue weighted by Crippen LogP contribution is -2.61. The molecule has 5 unspecified atom stereocenters. The Balaban J connectivity index is 1.30. The predicted molar refractivity (Wildman–Crippen MR) is 125 cm³/mol. The van der Waals surface area contributed by atoms with Gasteiger partial charge in [0.1, 0.15) is 24.1 Å². The van der Waals surface area contributed by atoms with Gasteiger partial charge in [-0.2, -0.15) is 0 Å². The van der Waals surface area contributed by atoms with E-state index in [9.17, 15) is 30.0 Å². The van der Waals surface area contributed by atoms with Crippen LogP contribution in [0.4, 0.5) is 0 Å². The lowest BCUT2D eigenvalue weighted by atomic mass is 9.47. The van der Waals surface area contributed by atoms with Crippen molar-refractivity contribution in [2.75, 3.05) is 0 Å². The number of aliphatic hydroxyl groups is 3. The third kappa shape index (κ3) is 3.91. The predicted octanol–water partition coefficient (Wildman–Crippen LogP) is 2.43. The van der Waals surface area contributed by atoms with E-state index in [2.05, 4.69) is 19.9 Å². The molecule has 5 aliphatic rings. The number of allylic oxidation sites excluding steroid dienone is 1. The first-order valence-corrected chi connectivity index (χ1v) is 13.2. The number of aliphatic carboxylic acids is 1. The number of ether oxygens (including phenoxy) is 2. The van der Waals surface area contributed by atoms with Gasteiger partial charge in [-0.25, -0.2) is 4.79 Å². The number of aliphatic hydroxyl groups excluding tert-OH is 3. The maximum atomic E-state index is 12.4. The maximum absolute atomic E-state index is 12.4. The van der Waals surface area contributed by atoms with Gasteiger partial charge in [-0.1, -0.05) is 25.5 Å². The number of carbonyl (C=O) groups is 2. The van der Waals surface area contributed by atoms with Gasteiger partial charge in [0.2, 0.25) is 0 Å². The van der Waals surface area contributed by atoms with Crippen LogP contribution in [0.3, 0.4) is 0 Å².